The fourth-order valence-corrected chi connectivity index (χ4v) is 3.66. The molecule has 0 atom stereocenters. The Kier molecular flexibility index (Phi) is 5.59. The van der Waals surface area contributed by atoms with E-state index in [0.29, 0.717) is 19.8 Å². The van der Waals surface area contributed by atoms with Crippen LogP contribution in [0.2, 0.25) is 0 Å². The van der Waals surface area contributed by atoms with Crippen molar-refractivity contribution >= 4 is 15.5 Å². The number of rotatable bonds is 6. The van der Waals surface area contributed by atoms with Crippen LogP contribution in [0.15, 0.2) is 29.2 Å². The van der Waals surface area contributed by atoms with Crippen molar-refractivity contribution in [2.45, 2.75) is 29.0 Å². The zero-order valence-corrected chi connectivity index (χ0v) is 14.1. The molecule has 1 saturated heterocycles. The lowest BCUT2D eigenvalue weighted by molar-refractivity contribution is -0.000652. The van der Waals surface area contributed by atoms with Gasteiger partial charge in [-0.2, -0.15) is 8.78 Å². The molecule has 0 spiro atoms. The highest BCUT2D eigenvalue weighted by Gasteiger charge is 2.35. The molecular weight excluding hydrogens is 326 g/mol. The summed E-state index contributed by atoms with van der Waals surface area (Å²) in [5.74, 6) is -3.43. The molecule has 1 aliphatic rings. The lowest BCUT2D eigenvalue weighted by atomic mass is 9.88. The van der Waals surface area contributed by atoms with Crippen molar-refractivity contribution in [1.82, 2.24) is 4.90 Å². The Morgan fingerprint density at radius 1 is 1.26 bits per heavy atom. The number of alkyl halides is 2. The molecule has 0 aliphatic carbocycles. The average molecular weight is 348 g/mol. The highest BCUT2D eigenvalue weighted by atomic mass is 32.2. The lowest BCUT2D eigenvalue weighted by Crippen LogP contribution is -2.53. The third kappa shape index (κ3) is 3.81. The average Bonchev–Trinajstić information content (AvgIpc) is 2.53. The summed E-state index contributed by atoms with van der Waals surface area (Å²) in [7, 11) is -0.728. The van der Waals surface area contributed by atoms with Crippen molar-refractivity contribution in [3.05, 3.63) is 24.3 Å². The zero-order valence-electron chi connectivity index (χ0n) is 13.3. The zero-order chi connectivity index (χ0) is 17.1. The van der Waals surface area contributed by atoms with Gasteiger partial charge in [0.25, 0.3) is 0 Å². The maximum absolute atomic E-state index is 12.8. The molecule has 1 aliphatic heterocycles. The number of nitrogens with zero attached hydrogens (tertiary/aromatic N) is 1. The summed E-state index contributed by atoms with van der Waals surface area (Å²) in [5.41, 5.74) is 0.0143. The summed E-state index contributed by atoms with van der Waals surface area (Å²) in [4.78, 5) is 1.71. The molecule has 23 heavy (non-hydrogen) atoms. The van der Waals surface area contributed by atoms with Crippen LogP contribution in [-0.4, -0.2) is 58.5 Å². The van der Waals surface area contributed by atoms with Crippen LogP contribution in [0.3, 0.4) is 0 Å². The summed E-state index contributed by atoms with van der Waals surface area (Å²) < 4.78 is 54.7. The van der Waals surface area contributed by atoms with Gasteiger partial charge in [-0.25, -0.2) is 8.42 Å². The quantitative estimate of drug-likeness (QED) is 0.854. The summed E-state index contributed by atoms with van der Waals surface area (Å²) in [5, 5.41) is 3.06. The Bertz CT molecular complexity index is 629. The van der Waals surface area contributed by atoms with Crippen LogP contribution in [0, 0.1) is 0 Å². The van der Waals surface area contributed by atoms with Crippen LogP contribution in [0.5, 0.6) is 0 Å². The highest BCUT2D eigenvalue weighted by molar-refractivity contribution is 7.91. The van der Waals surface area contributed by atoms with E-state index in [4.69, 9.17) is 4.74 Å². The van der Waals surface area contributed by atoms with Gasteiger partial charge in [-0.3, -0.25) is 0 Å². The molecule has 1 aromatic rings. The Hall–Kier alpha value is -1.25. The molecule has 1 N–H and O–H groups in total. The molecule has 0 unspecified atom stereocenters. The van der Waals surface area contributed by atoms with Gasteiger partial charge in [0, 0.05) is 25.3 Å². The molecule has 0 amide bonds. The monoisotopic (exact) mass is 348 g/mol. The maximum Gasteiger partial charge on any atom is 0.341 e. The Morgan fingerprint density at radius 2 is 1.87 bits per heavy atom. The highest BCUT2D eigenvalue weighted by Crippen LogP contribution is 2.30. The third-order valence-electron chi connectivity index (χ3n) is 4.41. The fourth-order valence-electron chi connectivity index (χ4n) is 2.75. The minimum absolute atomic E-state index is 0.194. The van der Waals surface area contributed by atoms with Crippen molar-refractivity contribution in [2.75, 3.05) is 39.2 Å². The number of likely N-dealkylation sites (N-methyl/N-ethyl adjacent to an activating group) is 1. The van der Waals surface area contributed by atoms with Crippen molar-refractivity contribution in [2.24, 2.45) is 0 Å². The van der Waals surface area contributed by atoms with Gasteiger partial charge < -0.3 is 15.0 Å². The van der Waals surface area contributed by atoms with E-state index in [2.05, 4.69) is 10.2 Å². The minimum Gasteiger partial charge on any atom is -0.382 e. The van der Waals surface area contributed by atoms with Gasteiger partial charge in [0.1, 0.15) is 0 Å². The largest absolute Gasteiger partial charge is 0.382 e. The number of anilines is 1. The Labute approximate surface area is 135 Å². The number of hydrogen-bond acceptors (Lipinski definition) is 5. The lowest BCUT2D eigenvalue weighted by Gasteiger charge is -2.43. The number of hydrogen-bond donors (Lipinski definition) is 1. The molecule has 130 valence electrons. The predicted molar refractivity (Wildman–Crippen MR) is 84.6 cm³/mol. The second kappa shape index (κ2) is 7.11. The second-order valence-electron chi connectivity index (χ2n) is 5.89. The van der Waals surface area contributed by atoms with Crippen LogP contribution in [0.25, 0.3) is 0 Å². The van der Waals surface area contributed by atoms with Crippen molar-refractivity contribution in [3.63, 3.8) is 0 Å². The number of sulfone groups is 1. The van der Waals surface area contributed by atoms with Gasteiger partial charge in [-0.05, 0) is 39.1 Å². The predicted octanol–water partition coefficient (Wildman–Crippen LogP) is 2.21. The van der Waals surface area contributed by atoms with Gasteiger partial charge in [0.05, 0.1) is 10.6 Å². The van der Waals surface area contributed by atoms with Gasteiger partial charge in [0.15, 0.2) is 0 Å². The van der Waals surface area contributed by atoms with Crippen LogP contribution in [0.1, 0.15) is 12.8 Å². The molecular formula is C15H22F2N2O3S. The molecule has 0 bridgehead atoms. The van der Waals surface area contributed by atoms with E-state index in [-0.39, 0.29) is 16.1 Å². The third-order valence-corrected chi connectivity index (χ3v) is 5.85. The van der Waals surface area contributed by atoms with E-state index < -0.39 is 15.6 Å². The van der Waals surface area contributed by atoms with Gasteiger partial charge in [-0.15, -0.1) is 0 Å². The van der Waals surface area contributed by atoms with Crippen molar-refractivity contribution < 1.29 is 21.9 Å². The molecule has 0 radical (unpaired) electrons. The van der Waals surface area contributed by atoms with Gasteiger partial charge in [0.2, 0.25) is 9.84 Å². The number of benzene rings is 1. The number of para-hydroxylation sites is 1. The van der Waals surface area contributed by atoms with Crippen LogP contribution in [-0.2, 0) is 14.6 Å². The first kappa shape index (κ1) is 18.1. The molecule has 5 nitrogen and oxygen atoms in total. The van der Waals surface area contributed by atoms with Gasteiger partial charge >= 0.3 is 5.76 Å². The molecule has 2 rings (SSSR count). The van der Waals surface area contributed by atoms with Crippen LogP contribution in [0.4, 0.5) is 14.5 Å². The van der Waals surface area contributed by atoms with E-state index in [9.17, 15) is 17.2 Å². The first-order valence-corrected chi connectivity index (χ1v) is 8.94. The number of nitrogens with one attached hydrogen (secondary N) is 1. The maximum atomic E-state index is 12.8. The summed E-state index contributed by atoms with van der Waals surface area (Å²) in [6, 6.07) is 5.78. The van der Waals surface area contributed by atoms with E-state index in [0.717, 1.165) is 12.8 Å². The first-order chi connectivity index (χ1) is 10.8. The first-order valence-electron chi connectivity index (χ1n) is 7.40. The fraction of sp³-hybridized carbons (Fsp3) is 0.600. The number of ether oxygens (including phenoxy) is 1. The SMILES string of the molecule is CN(C)C1(CNc2ccccc2S(=O)(=O)C(F)F)CCOCC1. The molecule has 0 saturated carbocycles. The smallest absolute Gasteiger partial charge is 0.341 e. The topological polar surface area (TPSA) is 58.6 Å². The standard InChI is InChI=1S/C15H22F2N2O3S/c1-19(2)15(7-9-22-10-8-15)11-18-12-5-3-4-6-13(12)23(20,21)14(16)17/h3-6,14,18H,7-11H2,1-2H3. The normalized spacial score (nSPS) is 18.3. The van der Waals surface area contributed by atoms with Crippen molar-refractivity contribution in [3.8, 4) is 0 Å². The van der Waals surface area contributed by atoms with Crippen LogP contribution < -0.4 is 5.32 Å². The number of halogens is 2. The molecule has 0 aromatic heterocycles. The van der Waals surface area contributed by atoms with E-state index in [1.165, 1.54) is 18.2 Å². The summed E-state index contributed by atoms with van der Waals surface area (Å²) >= 11 is 0. The molecule has 1 fully saturated rings. The van der Waals surface area contributed by atoms with E-state index in [1.54, 1.807) is 6.07 Å². The van der Waals surface area contributed by atoms with Crippen molar-refractivity contribution in [1.29, 1.82) is 0 Å². The Morgan fingerprint density at radius 3 is 2.43 bits per heavy atom. The molecule has 1 aromatic carbocycles. The molecule has 8 heteroatoms. The van der Waals surface area contributed by atoms with E-state index >= 15 is 0 Å². The van der Waals surface area contributed by atoms with Gasteiger partial charge in [-0.1, -0.05) is 12.1 Å². The second-order valence-corrected chi connectivity index (χ2v) is 7.77. The summed E-state index contributed by atoms with van der Waals surface area (Å²) in [6.07, 6.45) is 1.58. The van der Waals surface area contributed by atoms with E-state index in [1.807, 2.05) is 14.1 Å². The molecule has 1 heterocycles. The Balaban J connectivity index is 2.24. The minimum atomic E-state index is -4.63. The summed E-state index contributed by atoms with van der Waals surface area (Å²) in [6.45, 7) is 1.70. The van der Waals surface area contributed by atoms with Crippen LogP contribution >= 0.6 is 0 Å².